The molecule has 2 unspecified atom stereocenters. The molecule has 4 aromatic carbocycles. The van der Waals surface area contributed by atoms with Crippen LogP contribution in [0, 0.1) is 11.3 Å². The van der Waals surface area contributed by atoms with E-state index >= 15 is 0 Å². The van der Waals surface area contributed by atoms with E-state index in [0.29, 0.717) is 53.8 Å². The highest BCUT2D eigenvalue weighted by Gasteiger charge is 2.27. The van der Waals surface area contributed by atoms with Crippen LogP contribution in [0.15, 0.2) is 84.9 Å². The largest absolute Gasteiger partial charge is 0.494 e. The molecule has 2 atom stereocenters. The smallest absolute Gasteiger partial charge is 0.343 e. The molecule has 0 N–H and O–H groups in total. The molecule has 8 nitrogen and oxygen atoms in total. The maximum atomic E-state index is 12.9. The van der Waals surface area contributed by atoms with Gasteiger partial charge in [0.05, 0.1) is 42.6 Å². The summed E-state index contributed by atoms with van der Waals surface area (Å²) in [4.78, 5) is 25.5. The van der Waals surface area contributed by atoms with Gasteiger partial charge >= 0.3 is 11.9 Å². The Labute approximate surface area is 255 Å². The number of esters is 2. The summed E-state index contributed by atoms with van der Waals surface area (Å²) in [5.41, 5.74) is 5.40. The topological polar surface area (TPSA) is 107 Å². The molecule has 6 rings (SSSR count). The Balaban J connectivity index is 1.03. The molecule has 0 saturated carbocycles. The number of fused-ring (bicyclic) bond motifs is 3. The molecule has 8 heteroatoms. The summed E-state index contributed by atoms with van der Waals surface area (Å²) in [5, 5.41) is 8.97. The number of nitrogens with zero attached hydrogens (tertiary/aromatic N) is 1. The molecule has 0 spiro atoms. The van der Waals surface area contributed by atoms with Crippen LogP contribution in [0.25, 0.3) is 11.1 Å². The summed E-state index contributed by atoms with van der Waals surface area (Å²) in [5.74, 6) is 0.643. The molecule has 4 aromatic rings. The van der Waals surface area contributed by atoms with Crippen LogP contribution in [0.4, 0.5) is 0 Å². The van der Waals surface area contributed by atoms with E-state index < -0.39 is 11.9 Å². The minimum absolute atomic E-state index is 0.00225. The van der Waals surface area contributed by atoms with E-state index in [0.717, 1.165) is 41.7 Å². The van der Waals surface area contributed by atoms with Crippen molar-refractivity contribution >= 4 is 11.9 Å². The van der Waals surface area contributed by atoms with Crippen LogP contribution in [-0.4, -0.2) is 44.5 Å². The lowest BCUT2D eigenvalue weighted by atomic mass is 9.99. The zero-order valence-corrected chi connectivity index (χ0v) is 24.3. The highest BCUT2D eigenvalue weighted by atomic mass is 16.6. The molecule has 1 aliphatic carbocycles. The van der Waals surface area contributed by atoms with Gasteiger partial charge in [0.15, 0.2) is 0 Å². The molecule has 222 valence electrons. The van der Waals surface area contributed by atoms with Crippen molar-refractivity contribution in [1.29, 1.82) is 5.26 Å². The van der Waals surface area contributed by atoms with Gasteiger partial charge in [-0.15, -0.1) is 0 Å². The molecular formula is C36H31NO7. The van der Waals surface area contributed by atoms with Crippen molar-refractivity contribution in [2.75, 3.05) is 26.4 Å². The highest BCUT2D eigenvalue weighted by Crippen LogP contribution is 2.47. The molecule has 1 aliphatic heterocycles. The Morgan fingerprint density at radius 1 is 0.773 bits per heavy atom. The van der Waals surface area contributed by atoms with Gasteiger partial charge in [0.2, 0.25) is 0 Å². The number of nitriles is 1. The minimum atomic E-state index is -0.493. The van der Waals surface area contributed by atoms with Gasteiger partial charge in [0.25, 0.3) is 0 Å². The molecule has 0 bridgehead atoms. The Morgan fingerprint density at radius 2 is 1.30 bits per heavy atom. The molecule has 0 radical (unpaired) electrons. The number of carbonyl (C=O) groups excluding carboxylic acids is 2. The predicted molar refractivity (Wildman–Crippen MR) is 162 cm³/mol. The normalized spacial score (nSPS) is 15.9. The van der Waals surface area contributed by atoms with E-state index in [2.05, 4.69) is 6.92 Å². The fraction of sp³-hybridized carbons (Fsp3) is 0.250. The molecule has 1 fully saturated rings. The molecule has 0 aromatic heterocycles. The SMILES string of the molecule is CC1c2cc(OC(=O)c3ccc(C#N)cc3)ccc2-c2ccc(OC(=O)c3ccc(OCCCCOCC4CO4)cc3)cc21. The number of ether oxygens (including phenoxy) is 5. The lowest BCUT2D eigenvalue weighted by Gasteiger charge is -2.10. The van der Waals surface area contributed by atoms with Crippen molar-refractivity contribution in [3.63, 3.8) is 0 Å². The van der Waals surface area contributed by atoms with Crippen molar-refractivity contribution in [2.24, 2.45) is 0 Å². The van der Waals surface area contributed by atoms with Crippen LogP contribution < -0.4 is 14.2 Å². The van der Waals surface area contributed by atoms with E-state index in [1.54, 1.807) is 60.7 Å². The Morgan fingerprint density at radius 3 is 1.84 bits per heavy atom. The van der Waals surface area contributed by atoms with Gasteiger partial charge in [-0.1, -0.05) is 19.1 Å². The average molecular weight is 590 g/mol. The van der Waals surface area contributed by atoms with E-state index in [1.807, 2.05) is 30.3 Å². The van der Waals surface area contributed by atoms with Crippen LogP contribution in [0.2, 0.25) is 0 Å². The summed E-state index contributed by atoms with van der Waals surface area (Å²) in [6, 6.07) is 26.5. The van der Waals surface area contributed by atoms with E-state index in [1.165, 1.54) is 0 Å². The van der Waals surface area contributed by atoms with E-state index in [-0.39, 0.29) is 12.0 Å². The molecule has 1 saturated heterocycles. The molecule has 1 heterocycles. The first-order chi connectivity index (χ1) is 21.5. The van der Waals surface area contributed by atoms with Crippen molar-refractivity contribution < 1.29 is 33.3 Å². The molecule has 2 aliphatic rings. The van der Waals surface area contributed by atoms with Gasteiger partial charge in [-0.05, 0) is 108 Å². The maximum absolute atomic E-state index is 12.9. The summed E-state index contributed by atoms with van der Waals surface area (Å²) in [7, 11) is 0. The molecular weight excluding hydrogens is 558 g/mol. The minimum Gasteiger partial charge on any atom is -0.494 e. The first-order valence-electron chi connectivity index (χ1n) is 14.6. The van der Waals surface area contributed by atoms with Crippen molar-refractivity contribution in [3.05, 3.63) is 113 Å². The Kier molecular flexibility index (Phi) is 8.69. The van der Waals surface area contributed by atoms with Crippen molar-refractivity contribution in [2.45, 2.75) is 31.8 Å². The first-order valence-corrected chi connectivity index (χ1v) is 14.6. The summed E-state index contributed by atoms with van der Waals surface area (Å²) in [6.07, 6.45) is 2.08. The van der Waals surface area contributed by atoms with Crippen molar-refractivity contribution in [1.82, 2.24) is 0 Å². The number of unbranched alkanes of at least 4 members (excludes halogenated alkanes) is 1. The lowest BCUT2D eigenvalue weighted by Crippen LogP contribution is -2.09. The highest BCUT2D eigenvalue weighted by molar-refractivity contribution is 5.92. The second-order valence-electron chi connectivity index (χ2n) is 10.8. The van der Waals surface area contributed by atoms with Crippen molar-refractivity contribution in [3.8, 4) is 34.4 Å². The van der Waals surface area contributed by atoms with Crippen LogP contribution in [-0.2, 0) is 9.47 Å². The van der Waals surface area contributed by atoms with E-state index in [9.17, 15) is 9.59 Å². The zero-order chi connectivity index (χ0) is 30.5. The second-order valence-corrected chi connectivity index (χ2v) is 10.8. The number of benzene rings is 4. The van der Waals surface area contributed by atoms with E-state index in [4.69, 9.17) is 28.9 Å². The van der Waals surface area contributed by atoms with Crippen LogP contribution >= 0.6 is 0 Å². The summed E-state index contributed by atoms with van der Waals surface area (Å²) >= 11 is 0. The quantitative estimate of drug-likeness (QED) is 0.0777. The Bertz CT molecular complexity index is 1700. The fourth-order valence-electron chi connectivity index (χ4n) is 5.16. The molecule has 0 amide bonds. The monoisotopic (exact) mass is 589 g/mol. The number of rotatable bonds is 12. The third-order valence-corrected chi connectivity index (χ3v) is 7.69. The number of hydrogen-bond donors (Lipinski definition) is 0. The van der Waals surface area contributed by atoms with Crippen LogP contribution in [0.1, 0.15) is 63.1 Å². The van der Waals surface area contributed by atoms with Gasteiger partial charge in [0, 0.05) is 12.5 Å². The summed E-state index contributed by atoms with van der Waals surface area (Å²) in [6.45, 7) is 4.80. The van der Waals surface area contributed by atoms with Gasteiger partial charge in [-0.3, -0.25) is 0 Å². The predicted octanol–water partition coefficient (Wildman–Crippen LogP) is 6.70. The zero-order valence-electron chi connectivity index (χ0n) is 24.3. The summed E-state index contributed by atoms with van der Waals surface area (Å²) < 4.78 is 27.8. The third kappa shape index (κ3) is 6.81. The Hall–Kier alpha value is -4.97. The molecule has 44 heavy (non-hydrogen) atoms. The first kappa shape index (κ1) is 29.1. The fourth-order valence-corrected chi connectivity index (χ4v) is 5.16. The third-order valence-electron chi connectivity index (χ3n) is 7.69. The number of carbonyl (C=O) groups is 2. The van der Waals surface area contributed by atoms with Gasteiger partial charge in [-0.2, -0.15) is 5.26 Å². The van der Waals surface area contributed by atoms with Gasteiger partial charge < -0.3 is 23.7 Å². The lowest BCUT2D eigenvalue weighted by molar-refractivity contribution is 0.0725. The van der Waals surface area contributed by atoms with Gasteiger partial charge in [-0.25, -0.2) is 9.59 Å². The maximum Gasteiger partial charge on any atom is 0.343 e. The number of epoxide rings is 1. The van der Waals surface area contributed by atoms with Crippen LogP contribution in [0.5, 0.6) is 17.2 Å². The van der Waals surface area contributed by atoms with Crippen LogP contribution in [0.3, 0.4) is 0 Å². The average Bonchev–Trinajstić information content (AvgIpc) is 3.84. The van der Waals surface area contributed by atoms with Gasteiger partial charge in [0.1, 0.15) is 23.4 Å². The standard InChI is InChI=1S/C36H31NO7/c1-23-33-18-28(43-35(38)25-6-4-24(20-37)5-7-25)12-14-31(33)32-15-13-29(19-34(23)32)44-36(39)26-8-10-27(11-9-26)41-17-3-2-16-40-21-30-22-42-30/h4-15,18-19,23,30H,2-3,16-17,21-22H2,1H3. The second kappa shape index (κ2) is 13.1. The number of hydrogen-bond acceptors (Lipinski definition) is 8.